The highest BCUT2D eigenvalue weighted by molar-refractivity contribution is 5.62. The van der Waals surface area contributed by atoms with Crippen molar-refractivity contribution in [2.75, 3.05) is 33.6 Å². The van der Waals surface area contributed by atoms with E-state index in [1.807, 2.05) is 24.3 Å². The van der Waals surface area contributed by atoms with Crippen LogP contribution in [0.1, 0.15) is 11.1 Å². The Bertz CT molecular complexity index is 820. The fourth-order valence-electron chi connectivity index (χ4n) is 2.26. The molecule has 0 saturated heterocycles. The average molecular weight is 352 g/mol. The van der Waals surface area contributed by atoms with Gasteiger partial charge in [-0.05, 0) is 11.1 Å². The van der Waals surface area contributed by atoms with Gasteiger partial charge in [-0.3, -0.25) is 0 Å². The summed E-state index contributed by atoms with van der Waals surface area (Å²) < 4.78 is 0. The number of nitrogens with two attached hydrogens (primary N) is 4. The molecule has 0 fully saturated rings. The SMILES string of the molecule is Nc1ncc(NCc2ccc(CNc3cnc(N)nc3N)cc2)c(N)n1. The maximum Gasteiger partial charge on any atom is 0.222 e. The number of nitrogens with zero attached hydrogens (tertiary/aromatic N) is 4. The molecule has 0 atom stereocenters. The van der Waals surface area contributed by atoms with Crippen molar-refractivity contribution in [3.63, 3.8) is 0 Å². The second-order valence-corrected chi connectivity index (χ2v) is 5.58. The third-order valence-electron chi connectivity index (χ3n) is 3.66. The quantitative estimate of drug-likeness (QED) is 0.371. The molecule has 0 spiro atoms. The van der Waals surface area contributed by atoms with Crippen LogP contribution in [0.5, 0.6) is 0 Å². The Morgan fingerprint density at radius 3 is 1.38 bits per heavy atom. The molecule has 0 aliphatic carbocycles. The topological polar surface area (TPSA) is 180 Å². The van der Waals surface area contributed by atoms with E-state index >= 15 is 0 Å². The molecule has 2 heterocycles. The van der Waals surface area contributed by atoms with Crippen LogP contribution in [-0.4, -0.2) is 19.9 Å². The Morgan fingerprint density at radius 2 is 1.04 bits per heavy atom. The summed E-state index contributed by atoms with van der Waals surface area (Å²) in [6.07, 6.45) is 3.13. The molecule has 3 aromatic rings. The second-order valence-electron chi connectivity index (χ2n) is 5.58. The molecule has 2 aromatic heterocycles. The average Bonchev–Trinajstić information content (AvgIpc) is 2.61. The lowest BCUT2D eigenvalue weighted by atomic mass is 10.1. The summed E-state index contributed by atoms with van der Waals surface area (Å²) in [5, 5.41) is 6.36. The normalized spacial score (nSPS) is 10.5. The van der Waals surface area contributed by atoms with Crippen molar-refractivity contribution < 1.29 is 0 Å². The molecule has 134 valence electrons. The summed E-state index contributed by atoms with van der Waals surface area (Å²) >= 11 is 0. The minimum Gasteiger partial charge on any atom is -0.382 e. The summed E-state index contributed by atoms with van der Waals surface area (Å²) in [6, 6.07) is 8.06. The number of nitrogen functional groups attached to an aromatic ring is 4. The molecule has 10 heteroatoms. The Balaban J connectivity index is 1.56. The summed E-state index contributed by atoms with van der Waals surface area (Å²) in [5.74, 6) is 0.942. The van der Waals surface area contributed by atoms with Gasteiger partial charge in [-0.25, -0.2) is 9.97 Å². The van der Waals surface area contributed by atoms with Crippen LogP contribution in [0.2, 0.25) is 0 Å². The van der Waals surface area contributed by atoms with Crippen LogP contribution < -0.4 is 33.6 Å². The molecule has 26 heavy (non-hydrogen) atoms. The molecule has 10 nitrogen and oxygen atoms in total. The number of benzene rings is 1. The highest BCUT2D eigenvalue weighted by atomic mass is 15.1. The maximum atomic E-state index is 5.80. The summed E-state index contributed by atoms with van der Waals surface area (Å²) in [7, 11) is 0. The van der Waals surface area contributed by atoms with Crippen LogP contribution in [0.25, 0.3) is 0 Å². The minimum atomic E-state index is 0.150. The summed E-state index contributed by atoms with van der Waals surface area (Å²) in [6.45, 7) is 1.17. The highest BCUT2D eigenvalue weighted by Crippen LogP contribution is 2.18. The van der Waals surface area contributed by atoms with Crippen molar-refractivity contribution >= 4 is 34.9 Å². The summed E-state index contributed by atoms with van der Waals surface area (Å²) in [4.78, 5) is 15.7. The molecule has 0 radical (unpaired) electrons. The Hall–Kier alpha value is -3.82. The van der Waals surface area contributed by atoms with E-state index in [0.29, 0.717) is 36.1 Å². The molecule has 0 aliphatic heterocycles. The van der Waals surface area contributed by atoms with Crippen LogP contribution in [0.4, 0.5) is 34.9 Å². The van der Waals surface area contributed by atoms with Crippen molar-refractivity contribution in [1.29, 1.82) is 0 Å². The van der Waals surface area contributed by atoms with Gasteiger partial charge in [0, 0.05) is 13.1 Å². The van der Waals surface area contributed by atoms with E-state index in [9.17, 15) is 0 Å². The van der Waals surface area contributed by atoms with Gasteiger partial charge in [-0.2, -0.15) is 9.97 Å². The molecule has 0 bridgehead atoms. The standard InChI is InChI=1S/C16H20N10/c17-13-11(7-23-15(19)25-13)21-5-9-1-2-10(4-3-9)6-22-12-8-24-16(20)26-14(12)18/h1-4,7-8,21-22H,5-6H2,(H4,17,19,23,25)(H4,18,20,24,26). The van der Waals surface area contributed by atoms with Gasteiger partial charge in [-0.15, -0.1) is 0 Å². The third-order valence-corrected chi connectivity index (χ3v) is 3.66. The smallest absolute Gasteiger partial charge is 0.222 e. The number of hydrogen-bond acceptors (Lipinski definition) is 10. The lowest BCUT2D eigenvalue weighted by Crippen LogP contribution is -2.07. The first kappa shape index (κ1) is 17.0. The first-order chi connectivity index (χ1) is 12.5. The monoisotopic (exact) mass is 352 g/mol. The first-order valence-electron chi connectivity index (χ1n) is 7.83. The number of aromatic nitrogens is 4. The zero-order valence-electron chi connectivity index (χ0n) is 14.0. The van der Waals surface area contributed by atoms with Crippen molar-refractivity contribution in [3.8, 4) is 0 Å². The van der Waals surface area contributed by atoms with Gasteiger partial charge in [-0.1, -0.05) is 24.3 Å². The largest absolute Gasteiger partial charge is 0.382 e. The minimum absolute atomic E-state index is 0.150. The highest BCUT2D eigenvalue weighted by Gasteiger charge is 2.04. The van der Waals surface area contributed by atoms with Gasteiger partial charge >= 0.3 is 0 Å². The molecule has 1 aromatic carbocycles. The van der Waals surface area contributed by atoms with Crippen molar-refractivity contribution in [3.05, 3.63) is 47.8 Å². The zero-order chi connectivity index (χ0) is 18.5. The zero-order valence-corrected chi connectivity index (χ0v) is 14.0. The van der Waals surface area contributed by atoms with Crippen LogP contribution in [0, 0.1) is 0 Å². The van der Waals surface area contributed by atoms with Crippen molar-refractivity contribution in [2.24, 2.45) is 0 Å². The van der Waals surface area contributed by atoms with Crippen LogP contribution in [0.15, 0.2) is 36.7 Å². The van der Waals surface area contributed by atoms with E-state index in [1.54, 1.807) is 12.4 Å². The van der Waals surface area contributed by atoms with Crippen LogP contribution in [-0.2, 0) is 13.1 Å². The molecule has 0 saturated carbocycles. The molecule has 10 N–H and O–H groups in total. The van der Waals surface area contributed by atoms with Crippen LogP contribution >= 0.6 is 0 Å². The molecule has 0 aliphatic rings. The molecular weight excluding hydrogens is 332 g/mol. The predicted octanol–water partition coefficient (Wildman–Crippen LogP) is 0.820. The van der Waals surface area contributed by atoms with Gasteiger partial charge in [0.25, 0.3) is 0 Å². The van der Waals surface area contributed by atoms with E-state index in [-0.39, 0.29) is 11.9 Å². The molecule has 0 unspecified atom stereocenters. The Kier molecular flexibility index (Phi) is 4.83. The van der Waals surface area contributed by atoms with Gasteiger partial charge < -0.3 is 33.6 Å². The van der Waals surface area contributed by atoms with E-state index in [2.05, 4.69) is 30.6 Å². The van der Waals surface area contributed by atoms with Gasteiger partial charge in [0.15, 0.2) is 11.6 Å². The lowest BCUT2D eigenvalue weighted by Gasteiger charge is -2.10. The first-order valence-corrected chi connectivity index (χ1v) is 7.83. The number of nitrogens with one attached hydrogen (secondary N) is 2. The number of hydrogen-bond donors (Lipinski definition) is 6. The van der Waals surface area contributed by atoms with Gasteiger partial charge in [0.2, 0.25) is 11.9 Å². The fourth-order valence-corrected chi connectivity index (χ4v) is 2.26. The fraction of sp³-hybridized carbons (Fsp3) is 0.125. The summed E-state index contributed by atoms with van der Waals surface area (Å²) in [5.41, 5.74) is 26.0. The van der Waals surface area contributed by atoms with E-state index in [1.165, 1.54) is 0 Å². The number of anilines is 6. The molecule has 0 amide bonds. The second kappa shape index (κ2) is 7.38. The van der Waals surface area contributed by atoms with E-state index in [0.717, 1.165) is 11.1 Å². The van der Waals surface area contributed by atoms with Gasteiger partial charge in [0.1, 0.15) is 0 Å². The van der Waals surface area contributed by atoms with Crippen molar-refractivity contribution in [2.45, 2.75) is 13.1 Å². The Morgan fingerprint density at radius 1 is 0.654 bits per heavy atom. The lowest BCUT2D eigenvalue weighted by molar-refractivity contribution is 1.09. The predicted molar refractivity (Wildman–Crippen MR) is 103 cm³/mol. The maximum absolute atomic E-state index is 5.80. The molecule has 3 rings (SSSR count). The van der Waals surface area contributed by atoms with Gasteiger partial charge in [0.05, 0.1) is 23.8 Å². The van der Waals surface area contributed by atoms with E-state index in [4.69, 9.17) is 22.9 Å². The van der Waals surface area contributed by atoms with Crippen molar-refractivity contribution in [1.82, 2.24) is 19.9 Å². The third kappa shape index (κ3) is 4.17. The van der Waals surface area contributed by atoms with Crippen LogP contribution in [0.3, 0.4) is 0 Å². The number of rotatable bonds is 6. The van der Waals surface area contributed by atoms with E-state index < -0.39 is 0 Å². The molecular formula is C16H20N10. The Labute approximate surface area is 150 Å².